The number of benzene rings is 1. The number of aromatic nitrogens is 3. The van der Waals surface area contributed by atoms with Crippen LogP contribution < -0.4 is 16.2 Å². The van der Waals surface area contributed by atoms with E-state index in [9.17, 15) is 4.79 Å². The van der Waals surface area contributed by atoms with Crippen molar-refractivity contribution in [1.29, 1.82) is 0 Å². The van der Waals surface area contributed by atoms with Gasteiger partial charge in [-0.25, -0.2) is 4.98 Å². The number of fused-ring (bicyclic) bond motifs is 1. The van der Waals surface area contributed by atoms with Crippen LogP contribution in [0.25, 0.3) is 10.9 Å². The highest BCUT2D eigenvalue weighted by Gasteiger charge is 2.14. The molecule has 0 spiro atoms. The Labute approximate surface area is 157 Å². The minimum atomic E-state index is -0.271. The lowest BCUT2D eigenvalue weighted by atomic mass is 10.1. The molecule has 0 amide bonds. The number of H-pyrrole nitrogens is 1. The highest BCUT2D eigenvalue weighted by atomic mass is 35.5. The summed E-state index contributed by atoms with van der Waals surface area (Å²) in [5.74, 6) is 1.18. The molecule has 136 valence electrons. The molecule has 1 aromatic carbocycles. The minimum Gasteiger partial charge on any atom is -0.365 e. The molecule has 0 aliphatic heterocycles. The molecule has 3 aromatic rings. The van der Waals surface area contributed by atoms with E-state index < -0.39 is 0 Å². The van der Waals surface area contributed by atoms with E-state index in [1.54, 1.807) is 18.3 Å². The second kappa shape index (κ2) is 6.96. The van der Waals surface area contributed by atoms with Crippen molar-refractivity contribution >= 4 is 34.3 Å². The van der Waals surface area contributed by atoms with Crippen LogP contribution in [0.15, 0.2) is 41.3 Å². The Kier molecular flexibility index (Phi) is 4.87. The molecule has 0 aliphatic rings. The van der Waals surface area contributed by atoms with Gasteiger partial charge in [0.2, 0.25) is 5.95 Å². The van der Waals surface area contributed by atoms with Crippen molar-refractivity contribution in [3.8, 4) is 0 Å². The summed E-state index contributed by atoms with van der Waals surface area (Å²) in [6, 6.07) is 8.76. The third-order valence-corrected chi connectivity index (χ3v) is 4.04. The zero-order valence-corrected chi connectivity index (χ0v) is 16.0. The first-order valence-electron chi connectivity index (χ1n) is 8.41. The van der Waals surface area contributed by atoms with E-state index in [0.29, 0.717) is 16.5 Å². The molecular weight excluding hydrogens is 350 g/mol. The molecule has 2 aromatic heterocycles. The molecule has 1 unspecified atom stereocenters. The molecule has 0 radical (unpaired) electrons. The van der Waals surface area contributed by atoms with Crippen LogP contribution in [0.5, 0.6) is 0 Å². The number of aromatic amines is 1. The van der Waals surface area contributed by atoms with Crippen molar-refractivity contribution in [2.24, 2.45) is 0 Å². The summed E-state index contributed by atoms with van der Waals surface area (Å²) < 4.78 is 0. The summed E-state index contributed by atoms with van der Waals surface area (Å²) in [6.45, 7) is 8.08. The zero-order chi connectivity index (χ0) is 18.9. The van der Waals surface area contributed by atoms with Gasteiger partial charge in [-0.1, -0.05) is 11.6 Å². The Morgan fingerprint density at radius 3 is 2.69 bits per heavy atom. The van der Waals surface area contributed by atoms with Crippen LogP contribution in [0.2, 0.25) is 5.02 Å². The van der Waals surface area contributed by atoms with Crippen molar-refractivity contribution in [1.82, 2.24) is 15.0 Å². The zero-order valence-electron chi connectivity index (χ0n) is 15.2. The van der Waals surface area contributed by atoms with Crippen LogP contribution in [0, 0.1) is 0 Å². The summed E-state index contributed by atoms with van der Waals surface area (Å²) in [5.41, 5.74) is 1.09. The quantitative estimate of drug-likeness (QED) is 0.634. The van der Waals surface area contributed by atoms with E-state index in [0.717, 1.165) is 16.7 Å². The fraction of sp³-hybridized carbons (Fsp3) is 0.316. The lowest BCUT2D eigenvalue weighted by Gasteiger charge is -2.21. The predicted octanol–water partition coefficient (Wildman–Crippen LogP) is 4.36. The maximum Gasteiger partial charge on any atom is 0.253 e. The van der Waals surface area contributed by atoms with Gasteiger partial charge < -0.3 is 15.6 Å². The first-order valence-corrected chi connectivity index (χ1v) is 8.79. The molecule has 0 fully saturated rings. The van der Waals surface area contributed by atoms with Gasteiger partial charge in [0, 0.05) is 33.2 Å². The number of nitrogens with zero attached hydrogens (tertiary/aromatic N) is 2. The lowest BCUT2D eigenvalue weighted by molar-refractivity contribution is 0.630. The number of pyridine rings is 1. The molecule has 7 heteroatoms. The summed E-state index contributed by atoms with van der Waals surface area (Å²) in [6.07, 6.45) is 1.68. The monoisotopic (exact) mass is 371 g/mol. The summed E-state index contributed by atoms with van der Waals surface area (Å²) in [7, 11) is 0. The van der Waals surface area contributed by atoms with E-state index in [4.69, 9.17) is 11.6 Å². The van der Waals surface area contributed by atoms with Gasteiger partial charge in [-0.2, -0.15) is 4.98 Å². The molecule has 3 N–H and O–H groups in total. The summed E-state index contributed by atoms with van der Waals surface area (Å²) >= 11 is 6.06. The second-order valence-electron chi connectivity index (χ2n) is 7.29. The van der Waals surface area contributed by atoms with Gasteiger partial charge in [-0.15, -0.1) is 0 Å². The van der Waals surface area contributed by atoms with Crippen molar-refractivity contribution < 1.29 is 0 Å². The number of halogens is 1. The van der Waals surface area contributed by atoms with Crippen LogP contribution in [-0.2, 0) is 0 Å². The third kappa shape index (κ3) is 4.32. The van der Waals surface area contributed by atoms with Crippen molar-refractivity contribution in [3.63, 3.8) is 0 Å². The van der Waals surface area contributed by atoms with Gasteiger partial charge in [0.25, 0.3) is 5.56 Å². The first kappa shape index (κ1) is 18.2. The molecule has 0 saturated carbocycles. The van der Waals surface area contributed by atoms with Gasteiger partial charge in [0.1, 0.15) is 5.82 Å². The number of hydrogen-bond donors (Lipinski definition) is 3. The maximum absolute atomic E-state index is 12.4. The van der Waals surface area contributed by atoms with E-state index in [1.807, 2.05) is 25.1 Å². The molecule has 0 bridgehead atoms. The second-order valence-corrected chi connectivity index (χ2v) is 7.73. The fourth-order valence-corrected chi connectivity index (χ4v) is 2.85. The fourth-order valence-electron chi connectivity index (χ4n) is 2.67. The van der Waals surface area contributed by atoms with Crippen LogP contribution in [0.1, 0.15) is 39.3 Å². The van der Waals surface area contributed by atoms with E-state index >= 15 is 0 Å². The number of nitrogens with one attached hydrogen (secondary N) is 3. The Hall–Kier alpha value is -2.60. The Morgan fingerprint density at radius 1 is 1.19 bits per heavy atom. The Morgan fingerprint density at radius 2 is 1.96 bits per heavy atom. The summed E-state index contributed by atoms with van der Waals surface area (Å²) in [4.78, 5) is 24.0. The molecule has 0 aliphatic carbocycles. The minimum absolute atomic E-state index is 0.105. The van der Waals surface area contributed by atoms with Crippen molar-refractivity contribution in [2.75, 3.05) is 10.6 Å². The largest absolute Gasteiger partial charge is 0.365 e. The molecule has 6 nitrogen and oxygen atoms in total. The van der Waals surface area contributed by atoms with Gasteiger partial charge in [-0.05, 0) is 58.0 Å². The number of hydrogen-bond acceptors (Lipinski definition) is 5. The SMILES string of the molecule is CC(Nc1nccc(NC(C)(C)C)n1)c1cc2cc(Cl)ccc2[nH]c1=O. The lowest BCUT2D eigenvalue weighted by Crippen LogP contribution is -2.27. The van der Waals surface area contributed by atoms with E-state index in [2.05, 4.69) is 46.4 Å². The Bertz CT molecular complexity index is 993. The highest BCUT2D eigenvalue weighted by Crippen LogP contribution is 2.21. The highest BCUT2D eigenvalue weighted by molar-refractivity contribution is 6.31. The predicted molar refractivity (Wildman–Crippen MR) is 107 cm³/mol. The average Bonchev–Trinajstić information content (AvgIpc) is 2.53. The molecule has 1 atom stereocenters. The normalized spacial score (nSPS) is 12.8. The third-order valence-electron chi connectivity index (χ3n) is 3.81. The van der Waals surface area contributed by atoms with Crippen LogP contribution in [0.3, 0.4) is 0 Å². The summed E-state index contributed by atoms with van der Waals surface area (Å²) in [5, 5.41) is 8.00. The van der Waals surface area contributed by atoms with Crippen LogP contribution >= 0.6 is 11.6 Å². The average molecular weight is 372 g/mol. The van der Waals surface area contributed by atoms with Gasteiger partial charge in [0.05, 0.1) is 6.04 Å². The molecule has 26 heavy (non-hydrogen) atoms. The number of anilines is 2. The molecule has 0 saturated heterocycles. The van der Waals surface area contributed by atoms with Crippen LogP contribution in [-0.4, -0.2) is 20.5 Å². The molecular formula is C19H22ClN5O. The van der Waals surface area contributed by atoms with Gasteiger partial charge in [-0.3, -0.25) is 4.79 Å². The standard InChI is InChI=1S/C19H22ClN5O/c1-11(22-18-21-8-7-16(24-18)25-19(2,3)4)14-10-12-9-13(20)5-6-15(12)23-17(14)26/h5-11H,1-4H3,(H,23,26)(H2,21,22,24,25). The van der Waals surface area contributed by atoms with Crippen LogP contribution in [0.4, 0.5) is 11.8 Å². The van der Waals surface area contributed by atoms with Crippen molar-refractivity contribution in [2.45, 2.75) is 39.3 Å². The van der Waals surface area contributed by atoms with Gasteiger partial charge >= 0.3 is 0 Å². The van der Waals surface area contributed by atoms with Crippen molar-refractivity contribution in [3.05, 3.63) is 57.5 Å². The van der Waals surface area contributed by atoms with Gasteiger partial charge in [0.15, 0.2) is 0 Å². The Balaban J connectivity index is 1.87. The topological polar surface area (TPSA) is 82.7 Å². The molecule has 3 rings (SSSR count). The van der Waals surface area contributed by atoms with E-state index in [-0.39, 0.29) is 17.1 Å². The smallest absolute Gasteiger partial charge is 0.253 e. The maximum atomic E-state index is 12.4. The molecule has 2 heterocycles. The number of rotatable bonds is 4. The first-order chi connectivity index (χ1) is 12.2. The van der Waals surface area contributed by atoms with E-state index in [1.165, 1.54) is 0 Å².